The molecule has 1 atom stereocenters. The summed E-state index contributed by atoms with van der Waals surface area (Å²) < 4.78 is 5.21. The van der Waals surface area contributed by atoms with E-state index < -0.39 is 0 Å². The second-order valence-electron chi connectivity index (χ2n) is 6.33. The Morgan fingerprint density at radius 1 is 1.42 bits per heavy atom. The van der Waals surface area contributed by atoms with Gasteiger partial charge in [0.15, 0.2) is 5.13 Å². The third kappa shape index (κ3) is 2.78. The Morgan fingerprint density at radius 2 is 2.29 bits per heavy atom. The number of nitrogens with one attached hydrogen (secondary N) is 2. The van der Waals surface area contributed by atoms with E-state index in [1.165, 1.54) is 11.3 Å². The summed E-state index contributed by atoms with van der Waals surface area (Å²) in [7, 11) is 1.63. The number of rotatable bonds is 3. The first kappa shape index (κ1) is 15.2. The quantitative estimate of drug-likeness (QED) is 0.756. The molecule has 2 N–H and O–H groups in total. The van der Waals surface area contributed by atoms with Gasteiger partial charge in [-0.15, -0.1) is 11.3 Å². The minimum atomic E-state index is -0.163. The van der Waals surface area contributed by atoms with Crippen molar-refractivity contribution in [3.05, 3.63) is 40.5 Å². The van der Waals surface area contributed by atoms with E-state index in [-0.39, 0.29) is 5.91 Å². The molecule has 0 fully saturated rings. The van der Waals surface area contributed by atoms with Gasteiger partial charge in [0.25, 0.3) is 5.91 Å². The molecule has 0 aliphatic heterocycles. The Bertz CT molecular complexity index is 912. The molecule has 0 radical (unpaired) electrons. The van der Waals surface area contributed by atoms with Gasteiger partial charge in [-0.05, 0) is 43.4 Å². The number of aromatic nitrogens is 2. The summed E-state index contributed by atoms with van der Waals surface area (Å²) in [5.41, 5.74) is 2.56. The summed E-state index contributed by atoms with van der Waals surface area (Å²) >= 11 is 1.60. The molecule has 2 heterocycles. The van der Waals surface area contributed by atoms with Gasteiger partial charge in [0.05, 0.1) is 12.8 Å². The Hall–Kier alpha value is -2.34. The van der Waals surface area contributed by atoms with Crippen molar-refractivity contribution in [2.24, 2.45) is 5.92 Å². The van der Waals surface area contributed by atoms with Crippen LogP contribution in [-0.4, -0.2) is 23.0 Å². The van der Waals surface area contributed by atoms with Gasteiger partial charge in [0.2, 0.25) is 0 Å². The molecule has 1 aromatic carbocycles. The maximum atomic E-state index is 12.5. The van der Waals surface area contributed by atoms with Crippen molar-refractivity contribution < 1.29 is 9.53 Å². The van der Waals surface area contributed by atoms with E-state index in [1.54, 1.807) is 18.4 Å². The third-order valence-corrected chi connectivity index (χ3v) is 5.52. The van der Waals surface area contributed by atoms with Gasteiger partial charge in [-0.2, -0.15) is 0 Å². The van der Waals surface area contributed by atoms with Gasteiger partial charge in [-0.1, -0.05) is 6.92 Å². The predicted molar refractivity (Wildman–Crippen MR) is 96.1 cm³/mol. The highest BCUT2D eigenvalue weighted by atomic mass is 32.1. The molecule has 6 heteroatoms. The van der Waals surface area contributed by atoms with E-state index >= 15 is 0 Å². The van der Waals surface area contributed by atoms with Crippen molar-refractivity contribution in [2.45, 2.75) is 26.2 Å². The Kier molecular flexibility index (Phi) is 3.76. The summed E-state index contributed by atoms with van der Waals surface area (Å²) in [4.78, 5) is 21.5. The molecule has 124 valence electrons. The summed E-state index contributed by atoms with van der Waals surface area (Å²) in [5, 5.41) is 4.60. The fourth-order valence-corrected chi connectivity index (χ4v) is 4.28. The van der Waals surface area contributed by atoms with Gasteiger partial charge < -0.3 is 9.72 Å². The number of anilines is 1. The zero-order valence-electron chi connectivity index (χ0n) is 13.7. The summed E-state index contributed by atoms with van der Waals surface area (Å²) in [6, 6.07) is 7.55. The molecule has 5 nitrogen and oxygen atoms in total. The second kappa shape index (κ2) is 5.94. The largest absolute Gasteiger partial charge is 0.497 e. The number of nitrogens with zero attached hydrogens (tertiary/aromatic N) is 1. The molecule has 0 bridgehead atoms. The second-order valence-corrected chi connectivity index (χ2v) is 7.41. The molecule has 2 aromatic heterocycles. The van der Waals surface area contributed by atoms with Crippen LogP contribution >= 0.6 is 11.3 Å². The van der Waals surface area contributed by atoms with E-state index in [9.17, 15) is 4.79 Å². The number of methoxy groups -OCH3 is 1. The first-order chi connectivity index (χ1) is 11.6. The van der Waals surface area contributed by atoms with Gasteiger partial charge in [-0.3, -0.25) is 10.1 Å². The number of carbonyl (C=O) groups excluding carboxylic acids is 1. The van der Waals surface area contributed by atoms with Crippen LogP contribution in [0.5, 0.6) is 5.75 Å². The molecule has 4 rings (SSSR count). The normalized spacial score (nSPS) is 16.8. The number of ether oxygens (including phenoxy) is 1. The average Bonchev–Trinajstić information content (AvgIpc) is 3.16. The zero-order valence-corrected chi connectivity index (χ0v) is 14.5. The molecule has 1 amide bonds. The molecule has 1 unspecified atom stereocenters. The molecule has 1 aliphatic rings. The molecule has 0 saturated heterocycles. The lowest BCUT2D eigenvalue weighted by Gasteiger charge is -2.15. The highest BCUT2D eigenvalue weighted by Gasteiger charge is 2.21. The molecule has 1 aliphatic carbocycles. The molecule has 3 aromatic rings. The molecular weight excluding hydrogens is 322 g/mol. The van der Waals surface area contributed by atoms with Crippen LogP contribution in [0.1, 0.15) is 34.4 Å². The highest BCUT2D eigenvalue weighted by molar-refractivity contribution is 7.15. The van der Waals surface area contributed by atoms with Crippen LogP contribution in [0.4, 0.5) is 5.13 Å². The van der Waals surface area contributed by atoms with E-state index in [0.29, 0.717) is 16.7 Å². The SMILES string of the molecule is COc1ccc2cc(C(=O)Nc3nc4c(s3)CC(C)CC4)[nH]c2c1. The number of aryl methyl sites for hydroxylation is 1. The minimum Gasteiger partial charge on any atom is -0.497 e. The topological polar surface area (TPSA) is 67.0 Å². The lowest BCUT2D eigenvalue weighted by Crippen LogP contribution is -2.12. The van der Waals surface area contributed by atoms with Gasteiger partial charge >= 0.3 is 0 Å². The molecular formula is C18H19N3O2S. The van der Waals surface area contributed by atoms with Crippen molar-refractivity contribution in [2.75, 3.05) is 12.4 Å². The van der Waals surface area contributed by atoms with E-state index in [1.807, 2.05) is 24.3 Å². The minimum absolute atomic E-state index is 0.163. The third-order valence-electron chi connectivity index (χ3n) is 4.48. The van der Waals surface area contributed by atoms with Crippen LogP contribution in [0.3, 0.4) is 0 Å². The number of benzene rings is 1. The summed E-state index contributed by atoms with van der Waals surface area (Å²) in [6.45, 7) is 2.26. The van der Waals surface area contributed by atoms with Crippen molar-refractivity contribution in [3.63, 3.8) is 0 Å². The molecule has 0 saturated carbocycles. The first-order valence-electron chi connectivity index (χ1n) is 8.09. The van der Waals surface area contributed by atoms with E-state index in [2.05, 4.69) is 22.2 Å². The summed E-state index contributed by atoms with van der Waals surface area (Å²) in [5.74, 6) is 1.30. The van der Waals surface area contributed by atoms with Crippen molar-refractivity contribution in [1.29, 1.82) is 0 Å². The number of fused-ring (bicyclic) bond motifs is 2. The number of hydrogen-bond donors (Lipinski definition) is 2. The first-order valence-corrected chi connectivity index (χ1v) is 8.90. The number of carbonyl (C=O) groups is 1. The van der Waals surface area contributed by atoms with Crippen LogP contribution in [0.15, 0.2) is 24.3 Å². The van der Waals surface area contributed by atoms with Gasteiger partial charge in [0.1, 0.15) is 11.4 Å². The maximum absolute atomic E-state index is 12.5. The number of hydrogen-bond acceptors (Lipinski definition) is 4. The fourth-order valence-electron chi connectivity index (χ4n) is 3.11. The monoisotopic (exact) mass is 341 g/mol. The van der Waals surface area contributed by atoms with Gasteiger partial charge in [-0.25, -0.2) is 4.98 Å². The van der Waals surface area contributed by atoms with Crippen LogP contribution < -0.4 is 10.1 Å². The van der Waals surface area contributed by atoms with Gasteiger partial charge in [0, 0.05) is 21.8 Å². The smallest absolute Gasteiger partial charge is 0.273 e. The number of thiazole rings is 1. The predicted octanol–water partition coefficient (Wildman–Crippen LogP) is 4.01. The molecule has 0 spiro atoms. The fraction of sp³-hybridized carbons (Fsp3) is 0.333. The Morgan fingerprint density at radius 3 is 3.12 bits per heavy atom. The Balaban J connectivity index is 1.56. The lowest BCUT2D eigenvalue weighted by molar-refractivity contribution is 0.102. The number of aromatic amines is 1. The standard InChI is InChI=1S/C18H19N3O2S/c1-10-3-6-13-16(7-10)24-18(20-13)21-17(22)15-8-11-4-5-12(23-2)9-14(11)19-15/h4-5,8-10,19H,3,6-7H2,1-2H3,(H,20,21,22). The Labute approximate surface area is 144 Å². The van der Waals surface area contributed by atoms with Crippen LogP contribution in [0.25, 0.3) is 10.9 Å². The van der Waals surface area contributed by atoms with Crippen LogP contribution in [-0.2, 0) is 12.8 Å². The average molecular weight is 341 g/mol. The van der Waals surface area contributed by atoms with E-state index in [4.69, 9.17) is 4.74 Å². The number of H-pyrrole nitrogens is 1. The van der Waals surface area contributed by atoms with Crippen molar-refractivity contribution in [1.82, 2.24) is 9.97 Å². The number of amides is 1. The van der Waals surface area contributed by atoms with E-state index in [0.717, 1.165) is 35.2 Å². The van der Waals surface area contributed by atoms with Crippen molar-refractivity contribution in [3.8, 4) is 5.75 Å². The molecule has 24 heavy (non-hydrogen) atoms. The van der Waals surface area contributed by atoms with Crippen molar-refractivity contribution >= 4 is 33.3 Å². The zero-order chi connectivity index (χ0) is 16.7. The van der Waals surface area contributed by atoms with Crippen LogP contribution in [0.2, 0.25) is 0 Å². The summed E-state index contributed by atoms with van der Waals surface area (Å²) in [6.07, 6.45) is 3.25. The highest BCUT2D eigenvalue weighted by Crippen LogP contribution is 2.32. The lowest BCUT2D eigenvalue weighted by atomic mass is 9.93. The van der Waals surface area contributed by atoms with Crippen LogP contribution in [0, 0.1) is 5.92 Å². The maximum Gasteiger partial charge on any atom is 0.273 e.